The van der Waals surface area contributed by atoms with Crippen molar-refractivity contribution in [3.05, 3.63) is 60.0 Å². The monoisotopic (exact) mass is 319 g/mol. The summed E-state index contributed by atoms with van der Waals surface area (Å²) < 4.78 is 0. The van der Waals surface area contributed by atoms with Gasteiger partial charge < -0.3 is 4.90 Å². The molecule has 3 aromatic rings. The first-order chi connectivity index (χ1) is 11.8. The first kappa shape index (κ1) is 14.9. The summed E-state index contributed by atoms with van der Waals surface area (Å²) in [6, 6.07) is 14.3. The van der Waals surface area contributed by atoms with Gasteiger partial charge >= 0.3 is 0 Å². The highest BCUT2D eigenvalue weighted by Crippen LogP contribution is 2.29. The molecule has 24 heavy (non-hydrogen) atoms. The van der Waals surface area contributed by atoms with E-state index in [1.807, 2.05) is 31.3 Å². The predicted octanol–water partition coefficient (Wildman–Crippen LogP) is 3.56. The summed E-state index contributed by atoms with van der Waals surface area (Å²) >= 11 is 0. The fourth-order valence-electron chi connectivity index (χ4n) is 3.36. The minimum atomic E-state index is 0.483. The van der Waals surface area contributed by atoms with Crippen LogP contribution in [0.15, 0.2) is 48.7 Å². The molecule has 1 saturated heterocycles. The fraction of sp³-hybridized carbons (Fsp3) is 0.316. The fourth-order valence-corrected chi connectivity index (χ4v) is 3.36. The number of nitrogens with one attached hydrogen (secondary N) is 1. The van der Waals surface area contributed by atoms with Gasteiger partial charge in [0.25, 0.3) is 0 Å². The lowest BCUT2D eigenvalue weighted by Crippen LogP contribution is -2.35. The molecule has 5 nitrogen and oxygen atoms in total. The zero-order valence-electron chi connectivity index (χ0n) is 13.8. The summed E-state index contributed by atoms with van der Waals surface area (Å²) in [7, 11) is 0. The molecule has 1 atom stereocenters. The van der Waals surface area contributed by atoms with Gasteiger partial charge in [-0.1, -0.05) is 30.3 Å². The second-order valence-corrected chi connectivity index (χ2v) is 6.35. The molecule has 1 aliphatic heterocycles. The van der Waals surface area contributed by atoms with Crippen molar-refractivity contribution in [1.29, 1.82) is 0 Å². The van der Waals surface area contributed by atoms with Gasteiger partial charge in [-0.15, -0.1) is 0 Å². The van der Waals surface area contributed by atoms with Crippen LogP contribution in [0.25, 0.3) is 11.4 Å². The Morgan fingerprint density at radius 2 is 2.00 bits per heavy atom. The van der Waals surface area contributed by atoms with Crippen molar-refractivity contribution in [3.8, 4) is 11.4 Å². The average Bonchev–Trinajstić information content (AvgIpc) is 3.17. The Hall–Kier alpha value is -2.69. The largest absolute Gasteiger partial charge is 0.356 e. The number of nitrogens with zero attached hydrogens (tertiary/aromatic N) is 4. The molecular weight excluding hydrogens is 298 g/mol. The van der Waals surface area contributed by atoms with E-state index in [9.17, 15) is 0 Å². The maximum atomic E-state index is 4.83. The van der Waals surface area contributed by atoms with Gasteiger partial charge in [0.05, 0.1) is 0 Å². The maximum Gasteiger partial charge on any atom is 0.161 e. The van der Waals surface area contributed by atoms with Crippen LogP contribution in [0.2, 0.25) is 0 Å². The molecule has 1 aromatic carbocycles. The van der Waals surface area contributed by atoms with Gasteiger partial charge in [-0.25, -0.2) is 9.97 Å². The third-order valence-corrected chi connectivity index (χ3v) is 4.58. The van der Waals surface area contributed by atoms with Crippen LogP contribution in [-0.4, -0.2) is 33.3 Å². The second-order valence-electron chi connectivity index (χ2n) is 6.35. The van der Waals surface area contributed by atoms with Gasteiger partial charge in [-0.3, -0.25) is 5.10 Å². The van der Waals surface area contributed by atoms with Crippen molar-refractivity contribution in [2.75, 3.05) is 18.0 Å². The minimum absolute atomic E-state index is 0.483. The summed E-state index contributed by atoms with van der Waals surface area (Å²) in [5, 5.41) is 7.21. The van der Waals surface area contributed by atoms with Crippen molar-refractivity contribution in [2.24, 2.45) is 0 Å². The van der Waals surface area contributed by atoms with E-state index >= 15 is 0 Å². The number of rotatable bonds is 3. The average molecular weight is 319 g/mol. The van der Waals surface area contributed by atoms with Crippen LogP contribution in [0.4, 0.5) is 5.82 Å². The molecule has 0 saturated carbocycles. The van der Waals surface area contributed by atoms with Crippen LogP contribution in [0, 0.1) is 6.92 Å². The molecule has 0 bridgehead atoms. The van der Waals surface area contributed by atoms with Gasteiger partial charge in [0.1, 0.15) is 5.82 Å². The van der Waals surface area contributed by atoms with Crippen molar-refractivity contribution in [2.45, 2.75) is 25.7 Å². The van der Waals surface area contributed by atoms with Crippen LogP contribution >= 0.6 is 0 Å². The zero-order valence-corrected chi connectivity index (χ0v) is 13.8. The highest BCUT2D eigenvalue weighted by Gasteiger charge is 2.23. The number of hydrogen-bond donors (Lipinski definition) is 1. The maximum absolute atomic E-state index is 4.83. The van der Waals surface area contributed by atoms with Crippen molar-refractivity contribution >= 4 is 5.82 Å². The number of anilines is 1. The number of piperidine rings is 1. The summed E-state index contributed by atoms with van der Waals surface area (Å²) in [5.41, 5.74) is 3.28. The van der Waals surface area contributed by atoms with Gasteiger partial charge in [0, 0.05) is 48.2 Å². The predicted molar refractivity (Wildman–Crippen MR) is 95.0 cm³/mol. The van der Waals surface area contributed by atoms with E-state index in [0.29, 0.717) is 5.92 Å². The Labute approximate surface area is 141 Å². The van der Waals surface area contributed by atoms with Gasteiger partial charge in [-0.05, 0) is 25.8 Å². The van der Waals surface area contributed by atoms with Crippen LogP contribution in [0.1, 0.15) is 30.1 Å². The Morgan fingerprint density at radius 1 is 1.12 bits per heavy atom. The zero-order chi connectivity index (χ0) is 16.4. The summed E-state index contributed by atoms with van der Waals surface area (Å²) in [5.74, 6) is 2.30. The van der Waals surface area contributed by atoms with E-state index in [2.05, 4.69) is 44.3 Å². The lowest BCUT2D eigenvalue weighted by atomic mass is 9.95. The number of hydrogen-bond acceptors (Lipinski definition) is 4. The van der Waals surface area contributed by atoms with Crippen molar-refractivity contribution in [1.82, 2.24) is 20.2 Å². The Morgan fingerprint density at radius 3 is 2.79 bits per heavy atom. The molecule has 0 aliphatic carbocycles. The van der Waals surface area contributed by atoms with E-state index in [1.54, 1.807) is 0 Å². The first-order valence-corrected chi connectivity index (χ1v) is 8.45. The van der Waals surface area contributed by atoms with Crippen molar-refractivity contribution < 1.29 is 0 Å². The molecule has 1 N–H and O–H groups in total. The molecule has 0 spiro atoms. The summed E-state index contributed by atoms with van der Waals surface area (Å²) in [6.45, 7) is 4.04. The van der Waals surface area contributed by atoms with E-state index in [-0.39, 0.29) is 0 Å². The normalized spacial score (nSPS) is 17.9. The number of aryl methyl sites for hydroxylation is 1. The highest BCUT2D eigenvalue weighted by atomic mass is 15.2. The molecule has 122 valence electrons. The van der Waals surface area contributed by atoms with E-state index in [4.69, 9.17) is 4.98 Å². The van der Waals surface area contributed by atoms with Crippen molar-refractivity contribution in [3.63, 3.8) is 0 Å². The molecule has 1 fully saturated rings. The lowest BCUT2D eigenvalue weighted by Gasteiger charge is -2.33. The molecular formula is C19H21N5. The number of H-pyrrole nitrogens is 1. The quantitative estimate of drug-likeness (QED) is 0.802. The number of aromatic nitrogens is 4. The van der Waals surface area contributed by atoms with E-state index < -0.39 is 0 Å². The molecule has 4 rings (SSSR count). The van der Waals surface area contributed by atoms with Crippen LogP contribution in [0.5, 0.6) is 0 Å². The number of benzene rings is 1. The second kappa shape index (κ2) is 6.43. The molecule has 3 heterocycles. The molecule has 0 unspecified atom stereocenters. The molecule has 5 heteroatoms. The van der Waals surface area contributed by atoms with Crippen LogP contribution in [-0.2, 0) is 0 Å². The molecule has 2 aromatic heterocycles. The Bertz CT molecular complexity index is 798. The first-order valence-electron chi connectivity index (χ1n) is 8.45. The Kier molecular flexibility index (Phi) is 3.99. The number of aromatic amines is 1. The highest BCUT2D eigenvalue weighted by molar-refractivity contribution is 5.58. The van der Waals surface area contributed by atoms with Gasteiger partial charge in [0.15, 0.2) is 5.82 Å². The SMILES string of the molecule is Cc1cc(N2CCC[C@H](c3ccn[nH]3)C2)nc(-c2ccccc2)n1. The van der Waals surface area contributed by atoms with Crippen LogP contribution < -0.4 is 4.90 Å². The van der Waals surface area contributed by atoms with E-state index in [0.717, 1.165) is 42.4 Å². The molecule has 1 aliphatic rings. The Balaban J connectivity index is 1.63. The topological polar surface area (TPSA) is 57.7 Å². The summed E-state index contributed by atoms with van der Waals surface area (Å²) in [4.78, 5) is 11.8. The third kappa shape index (κ3) is 3.02. The minimum Gasteiger partial charge on any atom is -0.356 e. The third-order valence-electron chi connectivity index (χ3n) is 4.58. The molecule has 0 amide bonds. The smallest absolute Gasteiger partial charge is 0.161 e. The standard InChI is InChI=1S/C19H21N5/c1-14-12-18(22-19(21-14)15-6-3-2-4-7-15)24-11-5-8-16(13-24)17-9-10-20-23-17/h2-4,6-7,9-10,12,16H,5,8,11,13H2,1H3,(H,20,23)/t16-/m0/s1. The summed E-state index contributed by atoms with van der Waals surface area (Å²) in [6.07, 6.45) is 4.18. The lowest BCUT2D eigenvalue weighted by molar-refractivity contribution is 0.498. The molecule has 0 radical (unpaired) electrons. The van der Waals surface area contributed by atoms with Gasteiger partial charge in [-0.2, -0.15) is 5.10 Å². The van der Waals surface area contributed by atoms with E-state index in [1.165, 1.54) is 12.1 Å². The van der Waals surface area contributed by atoms with Crippen LogP contribution in [0.3, 0.4) is 0 Å². The van der Waals surface area contributed by atoms with Gasteiger partial charge in [0.2, 0.25) is 0 Å².